The van der Waals surface area contributed by atoms with Crippen molar-refractivity contribution in [3.63, 3.8) is 0 Å². The van der Waals surface area contributed by atoms with Crippen LogP contribution in [0.4, 0.5) is 8.78 Å². The summed E-state index contributed by atoms with van der Waals surface area (Å²) in [5.41, 5.74) is 0.518. The number of aliphatic hydroxyl groups excluding tert-OH is 1. The molecule has 0 amide bonds. The molecule has 0 aliphatic heterocycles. The molecule has 0 bridgehead atoms. The van der Waals surface area contributed by atoms with Gasteiger partial charge < -0.3 is 9.84 Å². The Morgan fingerprint density at radius 1 is 1.15 bits per heavy atom. The Morgan fingerprint density at radius 2 is 1.90 bits per heavy atom. The monoisotopic (exact) mass is 298 g/mol. The van der Waals surface area contributed by atoms with E-state index >= 15 is 0 Å². The van der Waals surface area contributed by atoms with Crippen molar-refractivity contribution in [2.24, 2.45) is 0 Å². The standard InChI is InChI=1S/C15H13ClF2O2/c1-9(19)13-5-4-12(7-15(13)18)20-8-10-2-3-11(16)6-14(10)17/h2-7,9,19H,8H2,1H3. The van der Waals surface area contributed by atoms with Crippen LogP contribution in [0.3, 0.4) is 0 Å². The Hall–Kier alpha value is -1.65. The van der Waals surface area contributed by atoms with Gasteiger partial charge >= 0.3 is 0 Å². The SMILES string of the molecule is CC(O)c1ccc(OCc2ccc(Cl)cc2F)cc1F. The molecular weight excluding hydrogens is 286 g/mol. The first-order chi connectivity index (χ1) is 9.47. The van der Waals surface area contributed by atoms with Gasteiger partial charge in [-0.25, -0.2) is 8.78 Å². The van der Waals surface area contributed by atoms with E-state index in [4.69, 9.17) is 16.3 Å². The van der Waals surface area contributed by atoms with E-state index in [1.54, 1.807) is 6.07 Å². The van der Waals surface area contributed by atoms with Gasteiger partial charge in [-0.1, -0.05) is 17.7 Å². The van der Waals surface area contributed by atoms with Crippen LogP contribution in [0.15, 0.2) is 36.4 Å². The molecule has 1 unspecified atom stereocenters. The van der Waals surface area contributed by atoms with Crippen molar-refractivity contribution in [2.45, 2.75) is 19.6 Å². The van der Waals surface area contributed by atoms with Gasteiger partial charge in [0.25, 0.3) is 0 Å². The average Bonchev–Trinajstić information content (AvgIpc) is 2.37. The second kappa shape index (κ2) is 6.20. The van der Waals surface area contributed by atoms with Gasteiger partial charge in [0.05, 0.1) is 6.10 Å². The third-order valence-electron chi connectivity index (χ3n) is 2.83. The quantitative estimate of drug-likeness (QED) is 0.914. The first-order valence-electron chi connectivity index (χ1n) is 6.01. The van der Waals surface area contributed by atoms with Gasteiger partial charge in [-0.3, -0.25) is 0 Å². The van der Waals surface area contributed by atoms with Crippen LogP contribution < -0.4 is 4.74 Å². The third kappa shape index (κ3) is 3.46. The van der Waals surface area contributed by atoms with Crippen molar-refractivity contribution in [1.29, 1.82) is 0 Å². The molecule has 0 fully saturated rings. The minimum atomic E-state index is -0.891. The number of hydrogen-bond acceptors (Lipinski definition) is 2. The molecule has 106 valence electrons. The van der Waals surface area contributed by atoms with Gasteiger partial charge in [0, 0.05) is 22.2 Å². The van der Waals surface area contributed by atoms with Gasteiger partial charge in [0.15, 0.2) is 0 Å². The minimum Gasteiger partial charge on any atom is -0.489 e. The maximum atomic E-state index is 13.6. The summed E-state index contributed by atoms with van der Waals surface area (Å²) in [6.07, 6.45) is -0.891. The molecule has 0 heterocycles. The summed E-state index contributed by atoms with van der Waals surface area (Å²) < 4.78 is 32.5. The van der Waals surface area contributed by atoms with Crippen molar-refractivity contribution in [3.05, 3.63) is 64.2 Å². The van der Waals surface area contributed by atoms with Crippen LogP contribution in [0.25, 0.3) is 0 Å². The Bertz CT molecular complexity index is 615. The first kappa shape index (κ1) is 14.8. The Labute approximate surface area is 120 Å². The summed E-state index contributed by atoms with van der Waals surface area (Å²) in [5.74, 6) is -0.770. The van der Waals surface area contributed by atoms with E-state index in [-0.39, 0.29) is 17.9 Å². The molecule has 0 saturated heterocycles. The molecule has 0 radical (unpaired) electrons. The van der Waals surface area contributed by atoms with Gasteiger partial charge in [-0.2, -0.15) is 0 Å². The highest BCUT2D eigenvalue weighted by atomic mass is 35.5. The highest BCUT2D eigenvalue weighted by Gasteiger charge is 2.10. The zero-order chi connectivity index (χ0) is 14.7. The fraction of sp³-hybridized carbons (Fsp3) is 0.200. The second-order valence-electron chi connectivity index (χ2n) is 4.38. The van der Waals surface area contributed by atoms with Gasteiger partial charge in [0.1, 0.15) is 24.0 Å². The fourth-order valence-electron chi connectivity index (χ4n) is 1.74. The summed E-state index contributed by atoms with van der Waals surface area (Å²) in [5, 5.41) is 9.63. The summed E-state index contributed by atoms with van der Waals surface area (Å²) in [6, 6.07) is 8.39. The highest BCUT2D eigenvalue weighted by molar-refractivity contribution is 6.30. The molecule has 2 aromatic carbocycles. The molecule has 2 nitrogen and oxygen atoms in total. The van der Waals surface area contributed by atoms with Crippen LogP contribution in [0.5, 0.6) is 5.75 Å². The summed E-state index contributed by atoms with van der Waals surface area (Å²) in [6.45, 7) is 1.44. The first-order valence-corrected chi connectivity index (χ1v) is 6.39. The summed E-state index contributed by atoms with van der Waals surface area (Å²) >= 11 is 5.65. The van der Waals surface area contributed by atoms with E-state index < -0.39 is 17.7 Å². The molecule has 2 rings (SSSR count). The molecular formula is C15H13ClF2O2. The molecule has 0 aromatic heterocycles. The van der Waals surface area contributed by atoms with Gasteiger partial charge in [-0.15, -0.1) is 0 Å². The zero-order valence-electron chi connectivity index (χ0n) is 10.7. The highest BCUT2D eigenvalue weighted by Crippen LogP contribution is 2.23. The van der Waals surface area contributed by atoms with E-state index in [0.29, 0.717) is 10.6 Å². The largest absolute Gasteiger partial charge is 0.489 e. The van der Waals surface area contributed by atoms with Gasteiger partial charge in [-0.05, 0) is 31.2 Å². The zero-order valence-corrected chi connectivity index (χ0v) is 11.5. The van der Waals surface area contributed by atoms with Crippen LogP contribution in [-0.2, 0) is 6.61 Å². The van der Waals surface area contributed by atoms with Crippen molar-refractivity contribution in [2.75, 3.05) is 0 Å². The molecule has 0 saturated carbocycles. The number of halogens is 3. The lowest BCUT2D eigenvalue weighted by atomic mass is 10.1. The van der Waals surface area contributed by atoms with E-state index in [9.17, 15) is 13.9 Å². The predicted octanol–water partition coefficient (Wildman–Crippen LogP) is 4.25. The second-order valence-corrected chi connectivity index (χ2v) is 4.82. The van der Waals surface area contributed by atoms with Crippen LogP contribution in [0.2, 0.25) is 5.02 Å². The Kier molecular flexibility index (Phi) is 4.57. The topological polar surface area (TPSA) is 29.5 Å². The molecule has 1 N–H and O–H groups in total. The number of ether oxygens (including phenoxy) is 1. The summed E-state index contributed by atoms with van der Waals surface area (Å²) in [4.78, 5) is 0. The molecule has 0 spiro atoms. The van der Waals surface area contributed by atoms with E-state index in [2.05, 4.69) is 0 Å². The molecule has 2 aromatic rings. The third-order valence-corrected chi connectivity index (χ3v) is 3.07. The maximum absolute atomic E-state index is 13.6. The van der Waals surface area contributed by atoms with E-state index in [1.165, 1.54) is 31.2 Å². The molecule has 0 aliphatic carbocycles. The smallest absolute Gasteiger partial charge is 0.132 e. The van der Waals surface area contributed by atoms with Crippen LogP contribution >= 0.6 is 11.6 Å². The Balaban J connectivity index is 2.09. The Morgan fingerprint density at radius 3 is 2.50 bits per heavy atom. The van der Waals surface area contributed by atoms with Crippen LogP contribution in [0.1, 0.15) is 24.2 Å². The average molecular weight is 299 g/mol. The van der Waals surface area contributed by atoms with Crippen molar-refractivity contribution < 1.29 is 18.6 Å². The molecule has 20 heavy (non-hydrogen) atoms. The molecule has 0 aliphatic rings. The van der Waals surface area contributed by atoms with Gasteiger partial charge in [0.2, 0.25) is 0 Å². The predicted molar refractivity (Wildman–Crippen MR) is 72.8 cm³/mol. The fourth-order valence-corrected chi connectivity index (χ4v) is 1.90. The van der Waals surface area contributed by atoms with E-state index in [0.717, 1.165) is 6.07 Å². The van der Waals surface area contributed by atoms with Crippen molar-refractivity contribution in [3.8, 4) is 5.75 Å². The number of hydrogen-bond donors (Lipinski definition) is 1. The van der Waals surface area contributed by atoms with Crippen molar-refractivity contribution in [1.82, 2.24) is 0 Å². The molecule has 5 heteroatoms. The minimum absolute atomic E-state index is 0.0313. The molecule has 1 atom stereocenters. The number of aliphatic hydroxyl groups is 1. The van der Waals surface area contributed by atoms with Crippen LogP contribution in [-0.4, -0.2) is 5.11 Å². The number of rotatable bonds is 4. The lowest BCUT2D eigenvalue weighted by Crippen LogP contribution is -2.00. The van der Waals surface area contributed by atoms with Crippen molar-refractivity contribution >= 4 is 11.6 Å². The van der Waals surface area contributed by atoms with Crippen LogP contribution in [0, 0.1) is 11.6 Å². The van der Waals surface area contributed by atoms with E-state index in [1.807, 2.05) is 0 Å². The summed E-state index contributed by atoms with van der Waals surface area (Å²) in [7, 11) is 0. The lowest BCUT2D eigenvalue weighted by Gasteiger charge is -2.10. The lowest BCUT2D eigenvalue weighted by molar-refractivity contribution is 0.194. The number of benzene rings is 2. The maximum Gasteiger partial charge on any atom is 0.132 e. The normalized spacial score (nSPS) is 12.2.